The molecule has 0 aromatic heterocycles. The molecule has 2 aromatic carbocycles. The lowest BCUT2D eigenvalue weighted by atomic mass is 10.2. The lowest BCUT2D eigenvalue weighted by Crippen LogP contribution is -2.19. The van der Waals surface area contributed by atoms with E-state index >= 15 is 0 Å². The molecule has 0 saturated heterocycles. The third-order valence-corrected chi connectivity index (χ3v) is 9.36. The number of alkyl halides is 3. The van der Waals surface area contributed by atoms with E-state index in [1.165, 1.54) is 36.4 Å². The summed E-state index contributed by atoms with van der Waals surface area (Å²) in [5, 5.41) is 2.34. The second-order valence-electron chi connectivity index (χ2n) is 4.90. The van der Waals surface area contributed by atoms with Crippen molar-refractivity contribution in [1.29, 1.82) is 0 Å². The molecular weight excluding hydrogens is 582 g/mol. The van der Waals surface area contributed by atoms with Crippen LogP contribution in [0.3, 0.4) is 0 Å². The number of para-hydroxylation sites is 1. The van der Waals surface area contributed by atoms with Crippen LogP contribution in [0.5, 0.6) is 0 Å². The van der Waals surface area contributed by atoms with Crippen molar-refractivity contribution < 1.29 is 26.2 Å². The molecule has 0 radical (unpaired) electrons. The van der Waals surface area contributed by atoms with E-state index in [1.54, 1.807) is 0 Å². The van der Waals surface area contributed by atoms with Crippen molar-refractivity contribution in [2.75, 3.05) is 5.32 Å². The van der Waals surface area contributed by atoms with Gasteiger partial charge in [-0.3, -0.25) is 9.35 Å². The monoisotopic (exact) mass is 589 g/mol. The summed E-state index contributed by atoms with van der Waals surface area (Å²) in [6.07, 6.45) is 0. The van der Waals surface area contributed by atoms with Crippen molar-refractivity contribution in [3.63, 3.8) is 0 Å². The molecule has 0 aliphatic carbocycles. The zero-order chi connectivity index (χ0) is 19.8. The first-order valence-electron chi connectivity index (χ1n) is 6.63. The van der Waals surface area contributed by atoms with E-state index in [9.17, 15) is 26.2 Å². The van der Waals surface area contributed by atoms with Crippen LogP contribution in [0.4, 0.5) is 5.69 Å². The zero-order valence-corrected chi connectivity index (χ0v) is 18.9. The molecule has 26 heavy (non-hydrogen) atoms. The van der Waals surface area contributed by atoms with Gasteiger partial charge in [0.2, 0.25) is 11.3 Å². The Hall–Kier alpha value is -0.790. The minimum absolute atomic E-state index is 0.0204. The molecule has 0 unspecified atom stereocenters. The highest BCUT2D eigenvalue weighted by Crippen LogP contribution is 2.43. The second-order valence-corrected chi connectivity index (χ2v) is 16.7. The highest BCUT2D eigenvalue weighted by molar-refractivity contribution is 9.42. The number of amides is 1. The summed E-state index contributed by atoms with van der Waals surface area (Å²) >= 11 is 8.80. The summed E-state index contributed by atoms with van der Waals surface area (Å²) in [4.78, 5) is 11.8. The van der Waals surface area contributed by atoms with E-state index < -0.39 is 32.2 Å². The summed E-state index contributed by atoms with van der Waals surface area (Å²) in [6.45, 7) is 0. The Morgan fingerprint density at radius 3 is 2.15 bits per heavy atom. The molecule has 0 spiro atoms. The molecule has 0 atom stereocenters. The van der Waals surface area contributed by atoms with E-state index in [1.807, 2.05) is 0 Å². The molecule has 0 saturated carbocycles. The molecule has 0 bridgehead atoms. The summed E-state index contributed by atoms with van der Waals surface area (Å²) in [5.74, 6) is -0.748. The van der Waals surface area contributed by atoms with Gasteiger partial charge in [0, 0.05) is 5.56 Å². The summed E-state index contributed by atoms with van der Waals surface area (Å²) in [6, 6.07) is 10.4. The summed E-state index contributed by atoms with van der Waals surface area (Å²) in [7, 11) is -8.44. The third-order valence-electron chi connectivity index (χ3n) is 3.12. The van der Waals surface area contributed by atoms with Crippen molar-refractivity contribution in [2.24, 2.45) is 0 Å². The zero-order valence-electron chi connectivity index (χ0n) is 12.6. The van der Waals surface area contributed by atoms with Crippen molar-refractivity contribution in [1.82, 2.24) is 0 Å². The molecule has 7 nitrogen and oxygen atoms in total. The number of nitrogens with one attached hydrogen (secondary N) is 1. The van der Waals surface area contributed by atoms with E-state index in [0.717, 1.165) is 12.1 Å². The Labute approximate surface area is 175 Å². The number of hydrogen-bond acceptors (Lipinski definition) is 5. The molecule has 2 N–H and O–H groups in total. The predicted octanol–water partition coefficient (Wildman–Crippen LogP) is 3.76. The number of sulfone groups is 1. The van der Waals surface area contributed by atoms with Crippen molar-refractivity contribution in [2.45, 2.75) is 11.3 Å². The van der Waals surface area contributed by atoms with Gasteiger partial charge in [-0.15, -0.1) is 0 Å². The average Bonchev–Trinajstić information content (AvgIpc) is 2.53. The second kappa shape index (κ2) is 7.68. The van der Waals surface area contributed by atoms with E-state index in [2.05, 4.69) is 53.1 Å². The van der Waals surface area contributed by atoms with Gasteiger partial charge in [-0.25, -0.2) is 8.42 Å². The average molecular weight is 592 g/mol. The first-order chi connectivity index (χ1) is 11.8. The lowest BCUT2D eigenvalue weighted by molar-refractivity contribution is 0.102. The van der Waals surface area contributed by atoms with Crippen LogP contribution in [-0.4, -0.2) is 28.8 Å². The van der Waals surface area contributed by atoms with Crippen molar-refractivity contribution in [3.8, 4) is 0 Å². The molecule has 0 fully saturated rings. The van der Waals surface area contributed by atoms with Crippen LogP contribution < -0.4 is 5.32 Å². The van der Waals surface area contributed by atoms with Gasteiger partial charge in [-0.2, -0.15) is 8.42 Å². The maximum absolute atomic E-state index is 12.4. The molecule has 0 aliphatic rings. The Bertz CT molecular complexity index is 1060. The lowest BCUT2D eigenvalue weighted by Gasteiger charge is -2.14. The fraction of sp³-hybridized carbons (Fsp3) is 0.0714. The molecule has 0 heterocycles. The Balaban J connectivity index is 2.41. The number of anilines is 1. The highest BCUT2D eigenvalue weighted by Gasteiger charge is 2.37. The molecular formula is C14H10Br3NO6S2. The molecule has 2 rings (SSSR count). The highest BCUT2D eigenvalue weighted by atomic mass is 80.0. The van der Waals surface area contributed by atoms with Gasteiger partial charge < -0.3 is 5.32 Å². The number of carbonyl (C=O) groups excluding carboxylic acids is 1. The quantitative estimate of drug-likeness (QED) is 0.413. The van der Waals surface area contributed by atoms with Gasteiger partial charge in [0.25, 0.3) is 16.0 Å². The Kier molecular flexibility index (Phi) is 6.35. The van der Waals surface area contributed by atoms with Crippen LogP contribution in [0.25, 0.3) is 0 Å². The van der Waals surface area contributed by atoms with Crippen LogP contribution in [0.2, 0.25) is 0 Å². The van der Waals surface area contributed by atoms with Crippen LogP contribution >= 0.6 is 47.8 Å². The van der Waals surface area contributed by atoms with E-state index in [4.69, 9.17) is 0 Å². The van der Waals surface area contributed by atoms with Gasteiger partial charge >= 0.3 is 0 Å². The Morgan fingerprint density at radius 1 is 0.962 bits per heavy atom. The molecule has 140 valence electrons. The minimum Gasteiger partial charge on any atom is -0.321 e. The third kappa shape index (κ3) is 4.73. The van der Waals surface area contributed by atoms with Crippen LogP contribution in [0.15, 0.2) is 58.3 Å². The smallest absolute Gasteiger partial charge is 0.296 e. The topological polar surface area (TPSA) is 118 Å². The molecule has 2 aromatic rings. The first-order valence-corrected chi connectivity index (χ1v) is 11.9. The number of hydrogen-bond donors (Lipinski definition) is 2. The van der Waals surface area contributed by atoms with Crippen molar-refractivity contribution in [3.05, 3.63) is 54.1 Å². The molecule has 0 aliphatic heterocycles. The van der Waals surface area contributed by atoms with Gasteiger partial charge in [0.05, 0.1) is 10.6 Å². The van der Waals surface area contributed by atoms with Gasteiger partial charge in [0.15, 0.2) is 0 Å². The van der Waals surface area contributed by atoms with Gasteiger partial charge in [-0.05, 0) is 78.1 Å². The van der Waals surface area contributed by atoms with Crippen LogP contribution in [-0.2, 0) is 20.0 Å². The maximum Gasteiger partial charge on any atom is 0.296 e. The minimum atomic E-state index is -4.54. The molecule has 1 amide bonds. The largest absolute Gasteiger partial charge is 0.321 e. The van der Waals surface area contributed by atoms with E-state index in [0.29, 0.717) is 0 Å². The predicted molar refractivity (Wildman–Crippen MR) is 107 cm³/mol. The standard InChI is InChI=1S/C14H10Br3NO6S2/c15-14(16,17)25(20,21)10-5-3-4-9(8-10)13(19)18-11-6-1-2-7-12(11)26(22,23)24/h1-8H,(H,18,19)(H,22,23,24). The van der Waals surface area contributed by atoms with Crippen molar-refractivity contribution >= 4 is 79.3 Å². The fourth-order valence-electron chi connectivity index (χ4n) is 1.93. The number of carbonyl (C=O) groups is 1. The number of halogens is 3. The summed E-state index contributed by atoms with van der Waals surface area (Å²) < 4.78 is 55.1. The first kappa shape index (κ1) is 21.5. The maximum atomic E-state index is 12.4. The number of rotatable bonds is 4. The molecule has 12 heteroatoms. The van der Waals surface area contributed by atoms with Crippen LogP contribution in [0.1, 0.15) is 10.4 Å². The van der Waals surface area contributed by atoms with Gasteiger partial charge in [-0.1, -0.05) is 18.2 Å². The Morgan fingerprint density at radius 2 is 1.58 bits per heavy atom. The fourth-order valence-corrected chi connectivity index (χ4v) is 5.06. The SMILES string of the molecule is O=C(Nc1ccccc1S(=O)(=O)O)c1cccc(S(=O)(=O)C(Br)(Br)Br)c1. The van der Waals surface area contributed by atoms with Crippen LogP contribution in [0, 0.1) is 0 Å². The number of benzene rings is 2. The summed E-state index contributed by atoms with van der Waals surface area (Å²) in [5.41, 5.74) is -0.156. The van der Waals surface area contributed by atoms with E-state index in [-0.39, 0.29) is 16.1 Å². The van der Waals surface area contributed by atoms with Gasteiger partial charge in [0.1, 0.15) is 4.90 Å². The normalized spacial score (nSPS) is 12.6.